The summed E-state index contributed by atoms with van der Waals surface area (Å²) in [6, 6.07) is 10.3. The van der Waals surface area contributed by atoms with Gasteiger partial charge >= 0.3 is 0 Å². The minimum absolute atomic E-state index is 0.0414. The lowest BCUT2D eigenvalue weighted by Crippen LogP contribution is -2.26. The average molecular weight is 226 g/mol. The molecule has 0 heterocycles. The van der Waals surface area contributed by atoms with Crippen LogP contribution in [0.25, 0.3) is 0 Å². The molecule has 1 aromatic rings. The second-order valence-corrected chi connectivity index (χ2v) is 3.85. The second kappa shape index (κ2) is 6.46. The van der Waals surface area contributed by atoms with Crippen molar-refractivity contribution in [3.05, 3.63) is 35.9 Å². The van der Waals surface area contributed by atoms with E-state index < -0.39 is 0 Å². The highest BCUT2D eigenvalue weighted by atomic mass is 35.5. The topological polar surface area (TPSA) is 29.1 Å². The molecule has 1 unspecified atom stereocenters. The summed E-state index contributed by atoms with van der Waals surface area (Å²) in [4.78, 5) is 10.9. The Bertz CT molecular complexity index is 300. The number of amides is 1. The number of nitrogens with one attached hydrogen (secondary N) is 1. The van der Waals surface area contributed by atoms with Crippen LogP contribution in [-0.4, -0.2) is 18.3 Å². The van der Waals surface area contributed by atoms with Crippen LogP contribution in [-0.2, 0) is 4.79 Å². The summed E-state index contributed by atoms with van der Waals surface area (Å²) < 4.78 is 0. The maximum absolute atomic E-state index is 10.9. The third-order valence-corrected chi connectivity index (χ3v) is 2.63. The summed E-state index contributed by atoms with van der Waals surface area (Å²) in [7, 11) is 0. The maximum atomic E-state index is 10.9. The fourth-order valence-electron chi connectivity index (χ4n) is 1.42. The molecule has 0 aliphatic rings. The van der Waals surface area contributed by atoms with Gasteiger partial charge in [-0.05, 0) is 17.9 Å². The molecule has 82 valence electrons. The van der Waals surface area contributed by atoms with Gasteiger partial charge in [0.05, 0.1) is 0 Å². The molecule has 3 heteroatoms. The van der Waals surface area contributed by atoms with Crippen molar-refractivity contribution in [1.82, 2.24) is 5.32 Å². The predicted octanol–water partition coefficient (Wildman–Crippen LogP) is 2.54. The number of carbonyl (C=O) groups is 1. The molecule has 0 aromatic heterocycles. The summed E-state index contributed by atoms with van der Waals surface area (Å²) in [5.74, 6) is 0.401. The first kappa shape index (κ1) is 12.1. The number of benzene rings is 1. The van der Waals surface area contributed by atoms with Crippen LogP contribution in [0.2, 0.25) is 0 Å². The smallest absolute Gasteiger partial charge is 0.234 e. The lowest BCUT2D eigenvalue weighted by atomic mass is 9.98. The molecule has 1 N–H and O–H groups in total. The standard InChI is InChI=1S/C12H16ClNO/c1-10(7-8-14-12(15)9-13)11-5-3-2-4-6-11/h2-6,10H,7-9H2,1H3,(H,14,15). The quantitative estimate of drug-likeness (QED) is 0.767. The molecule has 1 rings (SSSR count). The zero-order valence-electron chi connectivity index (χ0n) is 8.87. The van der Waals surface area contributed by atoms with Gasteiger partial charge in [-0.25, -0.2) is 0 Å². The van der Waals surface area contributed by atoms with Crippen LogP contribution in [0, 0.1) is 0 Å². The van der Waals surface area contributed by atoms with Gasteiger partial charge < -0.3 is 5.32 Å². The van der Waals surface area contributed by atoms with Gasteiger partial charge in [0.25, 0.3) is 0 Å². The molecule has 0 radical (unpaired) electrons. The molecule has 0 spiro atoms. The molecule has 0 aliphatic heterocycles. The highest BCUT2D eigenvalue weighted by Gasteiger charge is 2.05. The normalized spacial score (nSPS) is 12.1. The van der Waals surface area contributed by atoms with Crippen molar-refractivity contribution in [3.63, 3.8) is 0 Å². The van der Waals surface area contributed by atoms with Crippen molar-refractivity contribution in [3.8, 4) is 0 Å². The van der Waals surface area contributed by atoms with Gasteiger partial charge in [0.2, 0.25) is 5.91 Å². The van der Waals surface area contributed by atoms with Gasteiger partial charge in [-0.15, -0.1) is 11.6 Å². The fraction of sp³-hybridized carbons (Fsp3) is 0.417. The van der Waals surface area contributed by atoms with Gasteiger partial charge in [0, 0.05) is 6.54 Å². The molecule has 1 amide bonds. The first-order valence-electron chi connectivity index (χ1n) is 5.11. The molecule has 0 saturated heterocycles. The van der Waals surface area contributed by atoms with Crippen molar-refractivity contribution in [1.29, 1.82) is 0 Å². The predicted molar refractivity (Wildman–Crippen MR) is 63.2 cm³/mol. The zero-order valence-corrected chi connectivity index (χ0v) is 9.63. The zero-order chi connectivity index (χ0) is 11.1. The Labute approximate surface area is 95.6 Å². The minimum Gasteiger partial charge on any atom is -0.355 e. The van der Waals surface area contributed by atoms with Crippen LogP contribution in [0.5, 0.6) is 0 Å². The summed E-state index contributed by atoms with van der Waals surface area (Å²) in [6.07, 6.45) is 0.937. The molecule has 1 aromatic carbocycles. The number of carbonyl (C=O) groups excluding carboxylic acids is 1. The van der Waals surface area contributed by atoms with E-state index >= 15 is 0 Å². The maximum Gasteiger partial charge on any atom is 0.234 e. The Morgan fingerprint density at radius 1 is 1.40 bits per heavy atom. The molecular weight excluding hydrogens is 210 g/mol. The van der Waals surface area contributed by atoms with Crippen molar-refractivity contribution in [2.24, 2.45) is 0 Å². The first-order chi connectivity index (χ1) is 7.24. The lowest BCUT2D eigenvalue weighted by Gasteiger charge is -2.11. The third kappa shape index (κ3) is 4.34. The SMILES string of the molecule is CC(CCNC(=O)CCl)c1ccccc1. The van der Waals surface area contributed by atoms with E-state index in [0.29, 0.717) is 12.5 Å². The number of rotatable bonds is 5. The van der Waals surface area contributed by atoms with E-state index in [1.165, 1.54) is 5.56 Å². The molecule has 15 heavy (non-hydrogen) atoms. The van der Waals surface area contributed by atoms with E-state index in [4.69, 9.17) is 11.6 Å². The van der Waals surface area contributed by atoms with Crippen LogP contribution in [0.1, 0.15) is 24.8 Å². The van der Waals surface area contributed by atoms with Crippen molar-refractivity contribution in [2.75, 3.05) is 12.4 Å². The van der Waals surface area contributed by atoms with Crippen LogP contribution in [0.15, 0.2) is 30.3 Å². The molecule has 0 aliphatic carbocycles. The molecule has 2 nitrogen and oxygen atoms in total. The van der Waals surface area contributed by atoms with E-state index in [0.717, 1.165) is 6.42 Å². The van der Waals surface area contributed by atoms with Crippen LogP contribution >= 0.6 is 11.6 Å². The van der Waals surface area contributed by atoms with E-state index in [2.05, 4.69) is 24.4 Å². The lowest BCUT2D eigenvalue weighted by molar-refractivity contribution is -0.118. The average Bonchev–Trinajstić information content (AvgIpc) is 2.29. The van der Waals surface area contributed by atoms with Crippen molar-refractivity contribution < 1.29 is 4.79 Å². The van der Waals surface area contributed by atoms with Crippen LogP contribution < -0.4 is 5.32 Å². The van der Waals surface area contributed by atoms with Crippen LogP contribution in [0.4, 0.5) is 0 Å². The largest absolute Gasteiger partial charge is 0.355 e. The van der Waals surface area contributed by atoms with Crippen LogP contribution in [0.3, 0.4) is 0 Å². The summed E-state index contributed by atoms with van der Waals surface area (Å²) in [5.41, 5.74) is 1.30. The third-order valence-electron chi connectivity index (χ3n) is 2.39. The Morgan fingerprint density at radius 2 is 2.07 bits per heavy atom. The van der Waals surface area contributed by atoms with Gasteiger partial charge in [-0.3, -0.25) is 4.79 Å². The number of hydrogen-bond donors (Lipinski definition) is 1. The van der Waals surface area contributed by atoms with Gasteiger partial charge in [-0.2, -0.15) is 0 Å². The Morgan fingerprint density at radius 3 is 2.67 bits per heavy atom. The summed E-state index contributed by atoms with van der Waals surface area (Å²) >= 11 is 5.37. The fourth-order valence-corrected chi connectivity index (χ4v) is 1.52. The number of halogens is 1. The molecule has 0 saturated carbocycles. The van der Waals surface area contributed by atoms with E-state index in [9.17, 15) is 4.79 Å². The van der Waals surface area contributed by atoms with E-state index in [1.54, 1.807) is 0 Å². The molecule has 0 bridgehead atoms. The Kier molecular flexibility index (Phi) is 5.19. The van der Waals surface area contributed by atoms with Crippen molar-refractivity contribution >= 4 is 17.5 Å². The van der Waals surface area contributed by atoms with E-state index in [-0.39, 0.29) is 11.8 Å². The van der Waals surface area contributed by atoms with Gasteiger partial charge in [0.15, 0.2) is 0 Å². The number of alkyl halides is 1. The monoisotopic (exact) mass is 225 g/mol. The summed E-state index contributed by atoms with van der Waals surface area (Å²) in [5, 5.41) is 2.76. The molecular formula is C12H16ClNO. The Hall–Kier alpha value is -1.02. The second-order valence-electron chi connectivity index (χ2n) is 3.58. The van der Waals surface area contributed by atoms with E-state index in [1.807, 2.05) is 18.2 Å². The first-order valence-corrected chi connectivity index (χ1v) is 5.65. The van der Waals surface area contributed by atoms with Gasteiger partial charge in [0.1, 0.15) is 5.88 Å². The number of hydrogen-bond acceptors (Lipinski definition) is 1. The summed E-state index contributed by atoms with van der Waals surface area (Å²) in [6.45, 7) is 2.84. The highest BCUT2D eigenvalue weighted by Crippen LogP contribution is 2.17. The Balaban J connectivity index is 2.31. The molecule has 0 fully saturated rings. The minimum atomic E-state index is -0.100. The van der Waals surface area contributed by atoms with Gasteiger partial charge in [-0.1, -0.05) is 37.3 Å². The highest BCUT2D eigenvalue weighted by molar-refractivity contribution is 6.27. The molecule has 1 atom stereocenters. The van der Waals surface area contributed by atoms with Crippen molar-refractivity contribution in [2.45, 2.75) is 19.3 Å².